The lowest BCUT2D eigenvalue weighted by Crippen LogP contribution is -2.09. The van der Waals surface area contributed by atoms with E-state index in [1.54, 1.807) is 6.07 Å². The maximum Gasteiger partial charge on any atom is 0.130 e. The molecule has 0 amide bonds. The topological polar surface area (TPSA) is 9.23 Å². The van der Waals surface area contributed by atoms with Crippen molar-refractivity contribution in [3.63, 3.8) is 0 Å². The molecule has 1 aliphatic heterocycles. The average molecular weight is 279 g/mol. The van der Waals surface area contributed by atoms with Gasteiger partial charge in [-0.3, -0.25) is 0 Å². The van der Waals surface area contributed by atoms with Crippen molar-refractivity contribution in [2.45, 2.75) is 12.8 Å². The van der Waals surface area contributed by atoms with Gasteiger partial charge in [0.05, 0.1) is 11.6 Å². The summed E-state index contributed by atoms with van der Waals surface area (Å²) in [4.78, 5) is 0. The average Bonchev–Trinajstić information content (AvgIpc) is 2.38. The molecule has 0 bridgehead atoms. The number of benzene rings is 2. The fourth-order valence-electron chi connectivity index (χ4n) is 2.31. The van der Waals surface area contributed by atoms with Crippen molar-refractivity contribution in [3.05, 3.63) is 52.0 Å². The van der Waals surface area contributed by atoms with Crippen molar-refractivity contribution >= 4 is 23.2 Å². The molecule has 0 fully saturated rings. The number of fused-ring (bicyclic) bond motifs is 1. The number of aryl methyl sites for hydroxylation is 1. The molecule has 2 aromatic rings. The summed E-state index contributed by atoms with van der Waals surface area (Å²) < 4.78 is 5.80. The minimum Gasteiger partial charge on any atom is -0.493 e. The molecule has 1 heterocycles. The van der Waals surface area contributed by atoms with Gasteiger partial charge in [0.2, 0.25) is 0 Å². The van der Waals surface area contributed by atoms with Crippen LogP contribution in [0, 0.1) is 0 Å². The van der Waals surface area contributed by atoms with E-state index in [0.717, 1.165) is 36.3 Å². The molecule has 92 valence electrons. The molecule has 18 heavy (non-hydrogen) atoms. The Kier molecular flexibility index (Phi) is 3.19. The van der Waals surface area contributed by atoms with E-state index >= 15 is 0 Å². The zero-order valence-corrected chi connectivity index (χ0v) is 11.3. The van der Waals surface area contributed by atoms with Crippen molar-refractivity contribution in [1.82, 2.24) is 0 Å². The minimum absolute atomic E-state index is 0.648. The molecule has 1 aliphatic rings. The molecule has 1 nitrogen and oxygen atoms in total. The lowest BCUT2D eigenvalue weighted by molar-refractivity contribution is 0.289. The Bertz CT molecular complexity index is 593. The van der Waals surface area contributed by atoms with Crippen LogP contribution in [0.1, 0.15) is 12.0 Å². The third kappa shape index (κ3) is 2.09. The molecule has 0 N–H and O–H groups in total. The summed E-state index contributed by atoms with van der Waals surface area (Å²) in [7, 11) is 0. The summed E-state index contributed by atoms with van der Waals surface area (Å²) in [5.41, 5.74) is 3.28. The fraction of sp³-hybridized carbons (Fsp3) is 0.200. The molecule has 0 aromatic heterocycles. The number of ether oxygens (including phenoxy) is 1. The van der Waals surface area contributed by atoms with E-state index in [2.05, 4.69) is 6.07 Å². The Morgan fingerprint density at radius 2 is 1.89 bits per heavy atom. The number of rotatable bonds is 1. The second kappa shape index (κ2) is 4.83. The van der Waals surface area contributed by atoms with E-state index in [4.69, 9.17) is 27.9 Å². The van der Waals surface area contributed by atoms with Gasteiger partial charge in [-0.15, -0.1) is 0 Å². The van der Waals surface area contributed by atoms with Gasteiger partial charge in [-0.25, -0.2) is 0 Å². The zero-order chi connectivity index (χ0) is 12.5. The van der Waals surface area contributed by atoms with Gasteiger partial charge in [0.1, 0.15) is 5.75 Å². The van der Waals surface area contributed by atoms with Crippen LogP contribution in [0.4, 0.5) is 0 Å². The summed E-state index contributed by atoms with van der Waals surface area (Å²) in [5.74, 6) is 0.966. The highest BCUT2D eigenvalue weighted by Crippen LogP contribution is 2.39. The monoisotopic (exact) mass is 278 g/mol. The lowest BCUT2D eigenvalue weighted by Gasteiger charge is -2.20. The van der Waals surface area contributed by atoms with Crippen LogP contribution in [0.15, 0.2) is 36.4 Å². The molecule has 3 rings (SSSR count). The highest BCUT2D eigenvalue weighted by Gasteiger charge is 2.16. The van der Waals surface area contributed by atoms with E-state index < -0.39 is 0 Å². The third-order valence-corrected chi connectivity index (χ3v) is 3.70. The molecule has 0 aliphatic carbocycles. The Morgan fingerprint density at radius 3 is 2.72 bits per heavy atom. The molecular weight excluding hydrogens is 267 g/mol. The van der Waals surface area contributed by atoms with E-state index in [0.29, 0.717) is 10.0 Å². The van der Waals surface area contributed by atoms with Gasteiger partial charge < -0.3 is 4.74 Å². The number of hydrogen-bond donors (Lipinski definition) is 0. The summed E-state index contributed by atoms with van der Waals surface area (Å²) >= 11 is 12.2. The first-order valence-electron chi connectivity index (χ1n) is 5.96. The first kappa shape index (κ1) is 11.9. The van der Waals surface area contributed by atoms with Gasteiger partial charge in [-0.2, -0.15) is 0 Å². The van der Waals surface area contributed by atoms with Crippen molar-refractivity contribution in [2.75, 3.05) is 6.61 Å². The number of para-hydroxylation sites is 1. The Labute approximate surface area is 116 Å². The number of hydrogen-bond acceptors (Lipinski definition) is 1. The first-order chi connectivity index (χ1) is 8.75. The second-order valence-corrected chi connectivity index (χ2v) is 5.21. The van der Waals surface area contributed by atoms with Crippen molar-refractivity contribution < 1.29 is 4.74 Å². The van der Waals surface area contributed by atoms with Crippen LogP contribution in [-0.4, -0.2) is 6.61 Å². The highest BCUT2D eigenvalue weighted by atomic mass is 35.5. The third-order valence-electron chi connectivity index (χ3n) is 3.15. The molecule has 0 atom stereocenters. The normalized spacial score (nSPS) is 13.9. The van der Waals surface area contributed by atoms with E-state index in [1.807, 2.05) is 24.3 Å². The molecular formula is C15H12Cl2O. The Balaban J connectivity index is 2.17. The largest absolute Gasteiger partial charge is 0.493 e. The van der Waals surface area contributed by atoms with Crippen LogP contribution in [0.5, 0.6) is 5.75 Å². The molecule has 2 aromatic carbocycles. The van der Waals surface area contributed by atoms with Crippen LogP contribution in [0.3, 0.4) is 0 Å². The smallest absolute Gasteiger partial charge is 0.130 e. The summed E-state index contributed by atoms with van der Waals surface area (Å²) in [5, 5.41) is 1.31. The Morgan fingerprint density at radius 1 is 1.00 bits per heavy atom. The highest BCUT2D eigenvalue weighted by molar-refractivity contribution is 6.36. The van der Waals surface area contributed by atoms with Crippen molar-refractivity contribution in [3.8, 4) is 16.9 Å². The van der Waals surface area contributed by atoms with Crippen LogP contribution in [0.25, 0.3) is 11.1 Å². The lowest BCUT2D eigenvalue weighted by atomic mass is 9.98. The van der Waals surface area contributed by atoms with Gasteiger partial charge in [0, 0.05) is 16.1 Å². The van der Waals surface area contributed by atoms with Crippen LogP contribution >= 0.6 is 23.2 Å². The summed E-state index contributed by atoms with van der Waals surface area (Å²) in [6.45, 7) is 0.773. The molecule has 3 heteroatoms. The standard InChI is InChI=1S/C15H12Cl2O/c16-11-6-7-12(14(17)9-11)13-5-1-3-10-4-2-8-18-15(10)13/h1,3,5-7,9H,2,4,8H2. The molecule has 0 saturated heterocycles. The molecule has 0 spiro atoms. The van der Waals surface area contributed by atoms with Gasteiger partial charge >= 0.3 is 0 Å². The fourth-order valence-corrected chi connectivity index (χ4v) is 2.82. The van der Waals surface area contributed by atoms with E-state index in [-0.39, 0.29) is 0 Å². The van der Waals surface area contributed by atoms with E-state index in [9.17, 15) is 0 Å². The second-order valence-electron chi connectivity index (χ2n) is 4.37. The van der Waals surface area contributed by atoms with Gasteiger partial charge in [0.15, 0.2) is 0 Å². The van der Waals surface area contributed by atoms with Gasteiger partial charge in [-0.05, 0) is 30.5 Å². The molecule has 0 unspecified atom stereocenters. The van der Waals surface area contributed by atoms with Crippen LogP contribution in [0.2, 0.25) is 10.0 Å². The van der Waals surface area contributed by atoms with E-state index in [1.165, 1.54) is 5.56 Å². The minimum atomic E-state index is 0.648. The first-order valence-corrected chi connectivity index (χ1v) is 6.71. The predicted molar refractivity (Wildman–Crippen MR) is 75.7 cm³/mol. The molecule has 0 saturated carbocycles. The van der Waals surface area contributed by atoms with Crippen LogP contribution < -0.4 is 4.74 Å². The summed E-state index contributed by atoms with van der Waals surface area (Å²) in [6.07, 6.45) is 2.14. The van der Waals surface area contributed by atoms with Crippen LogP contribution in [-0.2, 0) is 6.42 Å². The maximum atomic E-state index is 6.27. The molecule has 0 radical (unpaired) electrons. The van der Waals surface area contributed by atoms with Gasteiger partial charge in [-0.1, -0.05) is 47.5 Å². The number of halogens is 2. The quantitative estimate of drug-likeness (QED) is 0.715. The Hall–Kier alpha value is -1.18. The van der Waals surface area contributed by atoms with Crippen molar-refractivity contribution in [1.29, 1.82) is 0 Å². The summed E-state index contributed by atoms with van der Waals surface area (Å²) in [6, 6.07) is 11.8. The SMILES string of the molecule is Clc1ccc(-c2cccc3c2OCCC3)c(Cl)c1. The van der Waals surface area contributed by atoms with Crippen molar-refractivity contribution in [2.24, 2.45) is 0 Å². The van der Waals surface area contributed by atoms with Gasteiger partial charge in [0.25, 0.3) is 0 Å². The maximum absolute atomic E-state index is 6.27. The predicted octanol–water partition coefficient (Wildman–Crippen LogP) is 4.99. The zero-order valence-electron chi connectivity index (χ0n) is 9.75.